The zero-order valence-electron chi connectivity index (χ0n) is 13.7. The van der Waals surface area contributed by atoms with E-state index in [4.69, 9.17) is 0 Å². The fraction of sp³-hybridized carbons (Fsp3) is 0.348. The average Bonchev–Trinajstić information content (AvgIpc) is 3.15. The van der Waals surface area contributed by atoms with E-state index >= 15 is 0 Å². The fourth-order valence-electron chi connectivity index (χ4n) is 4.85. The number of hydrogen-bond donors (Lipinski definition) is 0. The predicted octanol–water partition coefficient (Wildman–Crippen LogP) is 6.39. The first-order valence-electron chi connectivity index (χ1n) is 9.20. The summed E-state index contributed by atoms with van der Waals surface area (Å²) >= 11 is 0. The molecule has 0 bridgehead atoms. The first-order chi connectivity index (χ1) is 11.4. The van der Waals surface area contributed by atoms with Gasteiger partial charge in [-0.3, -0.25) is 0 Å². The molecule has 0 amide bonds. The maximum Gasteiger partial charge on any atom is 0.00561 e. The molecule has 0 saturated heterocycles. The van der Waals surface area contributed by atoms with E-state index in [9.17, 15) is 0 Å². The molecule has 0 heteroatoms. The van der Waals surface area contributed by atoms with Gasteiger partial charge in [0.2, 0.25) is 0 Å². The van der Waals surface area contributed by atoms with E-state index in [1.165, 1.54) is 78.8 Å². The molecule has 0 heterocycles. The highest BCUT2D eigenvalue weighted by Gasteiger charge is 2.23. The van der Waals surface area contributed by atoms with Crippen molar-refractivity contribution >= 4 is 16.3 Å². The standard InChI is InChI=1S/C23H23/c1-2-7-16(6-1)19-10-5-11-20-21(19)14-15-22-18-9-4-3-8-17(18)12-13-23(20)22/h4-5,9-11,14-15H,1-3,6-8,12-13H2. The highest BCUT2D eigenvalue weighted by atomic mass is 14.3. The molecule has 3 aliphatic rings. The van der Waals surface area contributed by atoms with Crippen LogP contribution in [0.25, 0.3) is 16.3 Å². The van der Waals surface area contributed by atoms with Crippen molar-refractivity contribution in [3.63, 3.8) is 0 Å². The van der Waals surface area contributed by atoms with Crippen molar-refractivity contribution in [2.75, 3.05) is 0 Å². The van der Waals surface area contributed by atoms with E-state index in [2.05, 4.69) is 42.5 Å². The number of benzene rings is 2. The van der Waals surface area contributed by atoms with E-state index in [0.29, 0.717) is 0 Å². The van der Waals surface area contributed by atoms with E-state index in [0.717, 1.165) is 0 Å². The summed E-state index contributed by atoms with van der Waals surface area (Å²) in [7, 11) is 0. The zero-order chi connectivity index (χ0) is 15.2. The Hall–Kier alpha value is -1.82. The Labute approximate surface area is 138 Å². The molecule has 3 aliphatic carbocycles. The monoisotopic (exact) mass is 299 g/mol. The van der Waals surface area contributed by atoms with Gasteiger partial charge in [0.05, 0.1) is 0 Å². The van der Waals surface area contributed by atoms with Gasteiger partial charge in [-0.05, 0) is 71.6 Å². The maximum atomic E-state index is 2.40. The summed E-state index contributed by atoms with van der Waals surface area (Å²) in [5, 5.41) is 3.00. The lowest BCUT2D eigenvalue weighted by molar-refractivity contribution is 0.831. The Balaban J connectivity index is 1.71. The van der Waals surface area contributed by atoms with Gasteiger partial charge < -0.3 is 0 Å². The van der Waals surface area contributed by atoms with Crippen LogP contribution in [0.2, 0.25) is 0 Å². The molecule has 0 atom stereocenters. The van der Waals surface area contributed by atoms with Gasteiger partial charge in [-0.25, -0.2) is 0 Å². The summed E-state index contributed by atoms with van der Waals surface area (Å²) in [4.78, 5) is 0. The normalized spacial score (nSPS) is 20.9. The fourth-order valence-corrected chi connectivity index (χ4v) is 4.85. The van der Waals surface area contributed by atoms with Crippen LogP contribution in [0.1, 0.15) is 61.6 Å². The number of rotatable bonds is 1. The van der Waals surface area contributed by atoms with Crippen molar-refractivity contribution in [3.8, 4) is 0 Å². The quantitative estimate of drug-likeness (QED) is 0.572. The SMILES string of the molecule is C1=CC2=C(CC1)CCc1c2ccc2c([C]3CCCC3)cccc12. The van der Waals surface area contributed by atoms with Gasteiger partial charge >= 0.3 is 0 Å². The van der Waals surface area contributed by atoms with E-state index < -0.39 is 0 Å². The van der Waals surface area contributed by atoms with Gasteiger partial charge in [-0.1, -0.05) is 60.9 Å². The van der Waals surface area contributed by atoms with Crippen LogP contribution in [-0.2, 0) is 6.42 Å². The summed E-state index contributed by atoms with van der Waals surface area (Å²) in [5.74, 6) is 1.68. The van der Waals surface area contributed by atoms with Gasteiger partial charge in [0.1, 0.15) is 0 Å². The van der Waals surface area contributed by atoms with E-state index in [-0.39, 0.29) is 0 Å². The third-order valence-corrected chi connectivity index (χ3v) is 6.01. The number of hydrogen-bond acceptors (Lipinski definition) is 0. The van der Waals surface area contributed by atoms with Crippen molar-refractivity contribution in [2.24, 2.45) is 0 Å². The van der Waals surface area contributed by atoms with Gasteiger partial charge in [-0.2, -0.15) is 0 Å². The molecule has 5 rings (SSSR count). The smallest absolute Gasteiger partial charge is 0.00561 e. The second-order valence-electron chi connectivity index (χ2n) is 7.26. The Bertz CT molecular complexity index is 828. The molecule has 115 valence electrons. The first-order valence-corrected chi connectivity index (χ1v) is 9.20. The molecule has 0 nitrogen and oxygen atoms in total. The minimum atomic E-state index is 1.22. The molecule has 0 unspecified atom stereocenters. The number of fused-ring (bicyclic) bond motifs is 4. The van der Waals surface area contributed by atoms with Crippen LogP contribution in [0.3, 0.4) is 0 Å². The minimum Gasteiger partial charge on any atom is -0.0836 e. The van der Waals surface area contributed by atoms with E-state index in [1.54, 1.807) is 17.1 Å². The van der Waals surface area contributed by atoms with Crippen molar-refractivity contribution < 1.29 is 0 Å². The van der Waals surface area contributed by atoms with Crippen LogP contribution < -0.4 is 0 Å². The third-order valence-electron chi connectivity index (χ3n) is 6.01. The van der Waals surface area contributed by atoms with E-state index in [1.807, 2.05) is 0 Å². The number of aryl methyl sites for hydroxylation is 1. The van der Waals surface area contributed by atoms with Gasteiger partial charge in [0.25, 0.3) is 0 Å². The second-order valence-corrected chi connectivity index (χ2v) is 7.26. The van der Waals surface area contributed by atoms with Gasteiger partial charge in [0.15, 0.2) is 0 Å². The molecule has 0 aliphatic heterocycles. The molecule has 2 aromatic rings. The van der Waals surface area contributed by atoms with Gasteiger partial charge in [0, 0.05) is 5.92 Å². The third kappa shape index (κ3) is 2.11. The molecule has 1 fully saturated rings. The highest BCUT2D eigenvalue weighted by Crippen LogP contribution is 2.42. The molecule has 0 spiro atoms. The lowest BCUT2D eigenvalue weighted by Gasteiger charge is -2.26. The molecule has 23 heavy (non-hydrogen) atoms. The van der Waals surface area contributed by atoms with Gasteiger partial charge in [-0.15, -0.1) is 0 Å². The Kier molecular flexibility index (Phi) is 3.18. The molecule has 2 aromatic carbocycles. The molecule has 0 aromatic heterocycles. The van der Waals surface area contributed by atoms with Crippen LogP contribution in [0.5, 0.6) is 0 Å². The number of allylic oxidation sites excluding steroid dienone is 4. The van der Waals surface area contributed by atoms with Crippen LogP contribution >= 0.6 is 0 Å². The lowest BCUT2D eigenvalue weighted by Crippen LogP contribution is -2.07. The highest BCUT2D eigenvalue weighted by molar-refractivity contribution is 5.96. The summed E-state index contributed by atoms with van der Waals surface area (Å²) in [6, 6.07) is 11.8. The minimum absolute atomic E-state index is 1.22. The van der Waals surface area contributed by atoms with Crippen molar-refractivity contribution in [1.29, 1.82) is 0 Å². The summed E-state index contributed by atoms with van der Waals surface area (Å²) in [5.41, 5.74) is 7.83. The molecule has 1 radical (unpaired) electrons. The average molecular weight is 299 g/mol. The van der Waals surface area contributed by atoms with Crippen LogP contribution in [0.4, 0.5) is 0 Å². The Morgan fingerprint density at radius 3 is 2.52 bits per heavy atom. The summed E-state index contributed by atoms with van der Waals surface area (Å²) < 4.78 is 0. The van der Waals surface area contributed by atoms with Crippen LogP contribution in [0.15, 0.2) is 48.1 Å². The molecular weight excluding hydrogens is 276 g/mol. The Morgan fingerprint density at radius 2 is 1.61 bits per heavy atom. The van der Waals surface area contributed by atoms with Crippen molar-refractivity contribution in [2.45, 2.75) is 51.4 Å². The predicted molar refractivity (Wildman–Crippen MR) is 98.4 cm³/mol. The maximum absolute atomic E-state index is 2.40. The summed E-state index contributed by atoms with van der Waals surface area (Å²) in [6.45, 7) is 0. The molecule has 1 saturated carbocycles. The second kappa shape index (κ2) is 5.37. The van der Waals surface area contributed by atoms with Crippen molar-refractivity contribution in [1.82, 2.24) is 0 Å². The molecule has 0 N–H and O–H groups in total. The molecular formula is C23H23. The zero-order valence-corrected chi connectivity index (χ0v) is 13.7. The van der Waals surface area contributed by atoms with Crippen molar-refractivity contribution in [3.05, 3.63) is 70.7 Å². The Morgan fingerprint density at radius 1 is 0.696 bits per heavy atom. The first kappa shape index (κ1) is 13.6. The largest absolute Gasteiger partial charge is 0.0836 e. The lowest BCUT2D eigenvalue weighted by atomic mass is 9.78. The summed E-state index contributed by atoms with van der Waals surface area (Å²) in [6.07, 6.45) is 15.0. The topological polar surface area (TPSA) is 0 Å². The van der Waals surface area contributed by atoms with Crippen LogP contribution in [-0.4, -0.2) is 0 Å². The van der Waals surface area contributed by atoms with Crippen LogP contribution in [0, 0.1) is 5.92 Å².